The lowest BCUT2D eigenvalue weighted by Crippen LogP contribution is -2.41. The van der Waals surface area contributed by atoms with Crippen molar-refractivity contribution in [3.63, 3.8) is 0 Å². The van der Waals surface area contributed by atoms with E-state index >= 15 is 0 Å². The Labute approximate surface area is 172 Å². The quantitative estimate of drug-likeness (QED) is 0.711. The van der Waals surface area contributed by atoms with E-state index in [-0.39, 0.29) is 12.3 Å². The van der Waals surface area contributed by atoms with Gasteiger partial charge in [0, 0.05) is 6.54 Å². The van der Waals surface area contributed by atoms with Crippen molar-refractivity contribution >= 4 is 30.9 Å². The van der Waals surface area contributed by atoms with Crippen LogP contribution in [-0.4, -0.2) is 41.7 Å². The van der Waals surface area contributed by atoms with E-state index < -0.39 is 30.0 Å². The van der Waals surface area contributed by atoms with Gasteiger partial charge in [-0.05, 0) is 77.7 Å². The second kappa shape index (κ2) is 7.97. The summed E-state index contributed by atoms with van der Waals surface area (Å²) in [4.78, 5) is 12.1. The molecule has 2 rings (SSSR count). The first-order valence-corrected chi connectivity index (χ1v) is 9.59. The standard InChI is InChI=1S/C20H29BClNO5/c1-18(2,3)26-17(25)23-12-14(10-13-8-9-15(24)11-16(13)22)21-27-19(4,5)20(6,7)28-21/h8-11,24H,12H2,1-7H3,(H,23,25). The lowest BCUT2D eigenvalue weighted by molar-refractivity contribution is 0.00578. The summed E-state index contributed by atoms with van der Waals surface area (Å²) in [6.07, 6.45) is 1.26. The highest BCUT2D eigenvalue weighted by atomic mass is 35.5. The van der Waals surface area contributed by atoms with Gasteiger partial charge in [0.2, 0.25) is 0 Å². The Balaban J connectivity index is 2.28. The topological polar surface area (TPSA) is 77.0 Å². The minimum atomic E-state index is -0.662. The first-order valence-electron chi connectivity index (χ1n) is 9.22. The Morgan fingerprint density at radius 1 is 1.25 bits per heavy atom. The third-order valence-corrected chi connectivity index (χ3v) is 5.04. The minimum absolute atomic E-state index is 0.0752. The number of rotatable bonds is 4. The lowest BCUT2D eigenvalue weighted by Gasteiger charge is -2.32. The molecule has 0 spiro atoms. The number of alkyl carbamates (subject to hydrolysis) is 1. The molecule has 0 aromatic heterocycles. The van der Waals surface area contributed by atoms with Crippen molar-refractivity contribution in [2.24, 2.45) is 0 Å². The van der Waals surface area contributed by atoms with Crippen molar-refractivity contribution in [3.05, 3.63) is 34.3 Å². The number of phenolic OH excluding ortho intramolecular Hbond substituents is 1. The fraction of sp³-hybridized carbons (Fsp3) is 0.550. The molecule has 0 unspecified atom stereocenters. The second-order valence-corrected chi connectivity index (χ2v) is 9.28. The molecule has 1 saturated heterocycles. The average Bonchev–Trinajstić information content (AvgIpc) is 2.71. The molecular weight excluding hydrogens is 380 g/mol. The summed E-state index contributed by atoms with van der Waals surface area (Å²) in [6.45, 7) is 13.4. The van der Waals surface area contributed by atoms with E-state index in [1.54, 1.807) is 39.0 Å². The van der Waals surface area contributed by atoms with Crippen LogP contribution in [0, 0.1) is 0 Å². The minimum Gasteiger partial charge on any atom is -0.508 e. The van der Waals surface area contributed by atoms with E-state index in [4.69, 9.17) is 25.6 Å². The molecule has 1 aliphatic heterocycles. The number of carbonyl (C=O) groups is 1. The van der Waals surface area contributed by atoms with Crippen molar-refractivity contribution in [3.8, 4) is 5.75 Å². The molecule has 8 heteroatoms. The van der Waals surface area contributed by atoms with Gasteiger partial charge >= 0.3 is 13.2 Å². The molecule has 28 heavy (non-hydrogen) atoms. The number of nitrogens with one attached hydrogen (secondary N) is 1. The van der Waals surface area contributed by atoms with Crippen LogP contribution < -0.4 is 5.32 Å². The number of halogens is 1. The molecule has 0 bridgehead atoms. The summed E-state index contributed by atoms with van der Waals surface area (Å²) >= 11 is 6.24. The zero-order valence-corrected chi connectivity index (χ0v) is 18.3. The van der Waals surface area contributed by atoms with Crippen molar-refractivity contribution in [2.75, 3.05) is 6.54 Å². The van der Waals surface area contributed by atoms with Crippen LogP contribution in [0.3, 0.4) is 0 Å². The number of amides is 1. The number of ether oxygens (including phenoxy) is 1. The summed E-state index contributed by atoms with van der Waals surface area (Å²) < 4.78 is 17.5. The fourth-order valence-corrected chi connectivity index (χ4v) is 2.75. The van der Waals surface area contributed by atoms with Crippen LogP contribution in [0.25, 0.3) is 6.08 Å². The maximum atomic E-state index is 12.1. The molecule has 1 aromatic rings. The van der Waals surface area contributed by atoms with Crippen molar-refractivity contribution in [1.82, 2.24) is 5.32 Å². The Morgan fingerprint density at radius 3 is 2.32 bits per heavy atom. The van der Waals surface area contributed by atoms with Gasteiger partial charge in [-0.3, -0.25) is 0 Å². The number of hydrogen-bond donors (Lipinski definition) is 2. The predicted molar refractivity (Wildman–Crippen MR) is 111 cm³/mol. The SMILES string of the molecule is CC(C)(C)OC(=O)NCC(=Cc1ccc(O)cc1Cl)B1OC(C)(C)C(C)(C)O1. The van der Waals surface area contributed by atoms with Crippen molar-refractivity contribution in [2.45, 2.75) is 65.3 Å². The normalized spacial score (nSPS) is 18.9. The third kappa shape index (κ3) is 5.66. The lowest BCUT2D eigenvalue weighted by atomic mass is 9.77. The van der Waals surface area contributed by atoms with Gasteiger partial charge in [-0.25, -0.2) is 4.79 Å². The molecule has 0 atom stereocenters. The summed E-state index contributed by atoms with van der Waals surface area (Å²) in [5.74, 6) is 0.0752. The van der Waals surface area contributed by atoms with Gasteiger partial charge in [-0.1, -0.05) is 17.7 Å². The van der Waals surface area contributed by atoms with Crippen molar-refractivity contribution in [1.29, 1.82) is 0 Å². The maximum absolute atomic E-state index is 12.1. The van der Waals surface area contributed by atoms with Gasteiger partial charge in [0.25, 0.3) is 0 Å². The van der Waals surface area contributed by atoms with Crippen LogP contribution in [0.15, 0.2) is 23.7 Å². The molecule has 1 fully saturated rings. The molecule has 6 nitrogen and oxygen atoms in total. The predicted octanol–water partition coefficient (Wildman–Crippen LogP) is 4.59. The smallest absolute Gasteiger partial charge is 0.492 e. The first-order chi connectivity index (χ1) is 12.7. The summed E-state index contributed by atoms with van der Waals surface area (Å²) in [5, 5.41) is 12.7. The van der Waals surface area contributed by atoms with Gasteiger partial charge in [-0.2, -0.15) is 0 Å². The molecule has 1 amide bonds. The number of phenols is 1. The van der Waals surface area contributed by atoms with Gasteiger partial charge < -0.3 is 24.5 Å². The zero-order chi connectivity index (χ0) is 21.3. The highest BCUT2D eigenvalue weighted by Gasteiger charge is 2.52. The van der Waals surface area contributed by atoms with Gasteiger partial charge in [0.05, 0.1) is 16.2 Å². The van der Waals surface area contributed by atoms with E-state index in [1.807, 2.05) is 27.7 Å². The van der Waals surface area contributed by atoms with Crippen LogP contribution in [-0.2, 0) is 14.0 Å². The number of aromatic hydroxyl groups is 1. The maximum Gasteiger partial charge on any atom is 0.492 e. The van der Waals surface area contributed by atoms with Gasteiger partial charge in [-0.15, -0.1) is 0 Å². The Hall–Kier alpha value is -1.70. The van der Waals surface area contributed by atoms with Crippen LogP contribution in [0.5, 0.6) is 5.75 Å². The molecule has 154 valence electrons. The summed E-state index contributed by atoms with van der Waals surface area (Å²) in [5.41, 5.74) is -0.297. The van der Waals surface area contributed by atoms with E-state index in [0.717, 1.165) is 0 Å². The molecular formula is C20H29BClNO5. The highest BCUT2D eigenvalue weighted by Crippen LogP contribution is 2.39. The molecule has 0 saturated carbocycles. The number of carbonyl (C=O) groups excluding carboxylic acids is 1. The fourth-order valence-electron chi connectivity index (χ4n) is 2.52. The third-order valence-electron chi connectivity index (χ3n) is 4.72. The molecule has 1 heterocycles. The molecule has 1 aromatic carbocycles. The van der Waals surface area contributed by atoms with E-state index in [9.17, 15) is 9.90 Å². The Bertz CT molecular complexity index is 754. The van der Waals surface area contributed by atoms with Gasteiger partial charge in [0.1, 0.15) is 11.4 Å². The van der Waals surface area contributed by atoms with Gasteiger partial charge in [0.15, 0.2) is 0 Å². The van der Waals surface area contributed by atoms with E-state index in [2.05, 4.69) is 5.32 Å². The number of benzene rings is 1. The average molecular weight is 410 g/mol. The summed E-state index contributed by atoms with van der Waals surface area (Å²) in [7, 11) is -0.662. The number of hydrogen-bond acceptors (Lipinski definition) is 5. The van der Waals surface area contributed by atoms with Crippen molar-refractivity contribution < 1.29 is 23.9 Å². The van der Waals surface area contributed by atoms with Crippen LogP contribution in [0.4, 0.5) is 4.79 Å². The molecule has 1 aliphatic rings. The van der Waals surface area contributed by atoms with Crippen LogP contribution in [0.2, 0.25) is 5.02 Å². The Morgan fingerprint density at radius 2 is 1.82 bits per heavy atom. The zero-order valence-electron chi connectivity index (χ0n) is 17.6. The monoisotopic (exact) mass is 409 g/mol. The van der Waals surface area contributed by atoms with Crippen LogP contribution in [0.1, 0.15) is 54.0 Å². The largest absolute Gasteiger partial charge is 0.508 e. The first kappa shape index (κ1) is 22.6. The van der Waals surface area contributed by atoms with E-state index in [1.165, 1.54) is 6.07 Å². The van der Waals surface area contributed by atoms with E-state index in [0.29, 0.717) is 16.1 Å². The molecule has 0 radical (unpaired) electrons. The molecule has 2 N–H and O–H groups in total. The molecule has 0 aliphatic carbocycles. The Kier molecular flexibility index (Phi) is 6.43. The summed E-state index contributed by atoms with van der Waals surface area (Å²) in [6, 6.07) is 4.69. The highest BCUT2D eigenvalue weighted by molar-refractivity contribution is 6.56. The second-order valence-electron chi connectivity index (χ2n) is 8.87. The van der Waals surface area contributed by atoms with Crippen LogP contribution >= 0.6 is 11.6 Å².